The molecule has 0 bridgehead atoms. The van der Waals surface area contributed by atoms with Gasteiger partial charge >= 0.3 is 6.61 Å². The number of ether oxygens (including phenoxy) is 2. The van der Waals surface area contributed by atoms with Gasteiger partial charge in [0.05, 0.1) is 12.1 Å². The minimum atomic E-state index is -2.89. The molecule has 0 radical (unpaired) electrons. The maximum Gasteiger partial charge on any atom is 0.387 e. The van der Waals surface area contributed by atoms with Crippen LogP contribution in [0.25, 0.3) is 0 Å². The molecule has 2 N–H and O–H groups in total. The van der Waals surface area contributed by atoms with E-state index in [1.54, 1.807) is 30.5 Å². The lowest BCUT2D eigenvalue weighted by atomic mass is 10.1. The Hall–Kier alpha value is -1.82. The first-order valence-electron chi connectivity index (χ1n) is 9.96. The summed E-state index contributed by atoms with van der Waals surface area (Å²) in [5, 5.41) is 10.2. The number of rotatable bonds is 8. The number of nitrogens with zero attached hydrogens (tertiary/aromatic N) is 2. The zero-order valence-corrected chi connectivity index (χ0v) is 20.8. The van der Waals surface area contributed by atoms with Crippen molar-refractivity contribution in [1.82, 2.24) is 10.6 Å². The summed E-state index contributed by atoms with van der Waals surface area (Å²) in [6, 6.07) is 9.69. The van der Waals surface area contributed by atoms with Crippen molar-refractivity contribution in [2.45, 2.75) is 31.9 Å². The number of piperidine rings is 1. The molecule has 1 aromatic heterocycles. The van der Waals surface area contributed by atoms with E-state index in [9.17, 15) is 8.78 Å². The molecule has 0 atom stereocenters. The van der Waals surface area contributed by atoms with Gasteiger partial charge in [-0.3, -0.25) is 4.99 Å². The van der Waals surface area contributed by atoms with Crippen LogP contribution >= 0.6 is 35.3 Å². The lowest BCUT2D eigenvalue weighted by molar-refractivity contribution is -0.0512. The largest absolute Gasteiger partial charge is 0.493 e. The van der Waals surface area contributed by atoms with Gasteiger partial charge in [-0.05, 0) is 54.5 Å². The molecule has 0 amide bonds. The first kappa shape index (κ1) is 25.4. The number of methoxy groups -OCH3 is 1. The lowest BCUT2D eigenvalue weighted by Gasteiger charge is -2.33. The Morgan fingerprint density at radius 3 is 2.65 bits per heavy atom. The molecule has 6 nitrogen and oxygen atoms in total. The Kier molecular flexibility index (Phi) is 10.6. The third-order valence-corrected chi connectivity index (χ3v) is 5.96. The molecule has 172 valence electrons. The normalized spacial score (nSPS) is 14.9. The van der Waals surface area contributed by atoms with Gasteiger partial charge in [0.15, 0.2) is 17.5 Å². The molecule has 10 heteroatoms. The molecular weight excluding hydrogens is 537 g/mol. The Balaban J connectivity index is 0.00000341. The van der Waals surface area contributed by atoms with Crippen LogP contribution in [-0.4, -0.2) is 52.4 Å². The van der Waals surface area contributed by atoms with Crippen LogP contribution in [0, 0.1) is 0 Å². The Morgan fingerprint density at radius 1 is 1.26 bits per heavy atom. The van der Waals surface area contributed by atoms with Gasteiger partial charge in [-0.1, -0.05) is 6.07 Å². The Bertz CT molecular complexity index is 816. The van der Waals surface area contributed by atoms with Crippen molar-refractivity contribution in [2.75, 3.05) is 38.7 Å². The minimum absolute atomic E-state index is 0. The molecule has 1 saturated heterocycles. The summed E-state index contributed by atoms with van der Waals surface area (Å²) >= 11 is 1.78. The van der Waals surface area contributed by atoms with Crippen LogP contribution in [0.1, 0.15) is 18.4 Å². The summed E-state index contributed by atoms with van der Waals surface area (Å²) in [6.07, 6.45) is 2.73. The zero-order chi connectivity index (χ0) is 21.3. The summed E-state index contributed by atoms with van der Waals surface area (Å²) in [4.78, 5) is 6.72. The van der Waals surface area contributed by atoms with Crippen molar-refractivity contribution in [3.63, 3.8) is 0 Å². The number of anilines is 1. The summed E-state index contributed by atoms with van der Waals surface area (Å²) in [7, 11) is 3.17. The Morgan fingerprint density at radius 2 is 2.03 bits per heavy atom. The van der Waals surface area contributed by atoms with Crippen molar-refractivity contribution in [1.29, 1.82) is 0 Å². The van der Waals surface area contributed by atoms with E-state index in [4.69, 9.17) is 4.74 Å². The van der Waals surface area contributed by atoms with E-state index in [0.717, 1.165) is 37.5 Å². The van der Waals surface area contributed by atoms with Gasteiger partial charge in [-0.15, -0.1) is 35.3 Å². The predicted molar refractivity (Wildman–Crippen MR) is 133 cm³/mol. The van der Waals surface area contributed by atoms with Crippen LogP contribution in [0.2, 0.25) is 0 Å². The fraction of sp³-hybridized carbons (Fsp3) is 0.476. The summed E-state index contributed by atoms with van der Waals surface area (Å²) in [5.41, 5.74) is 0.874. The quantitative estimate of drug-likeness (QED) is 0.283. The van der Waals surface area contributed by atoms with Crippen molar-refractivity contribution in [2.24, 2.45) is 4.99 Å². The minimum Gasteiger partial charge on any atom is -0.493 e. The van der Waals surface area contributed by atoms with E-state index in [1.165, 1.54) is 12.1 Å². The van der Waals surface area contributed by atoms with Gasteiger partial charge in [-0.2, -0.15) is 8.78 Å². The third kappa shape index (κ3) is 7.67. The SMILES string of the molecule is CN=C(NCCc1ccc(OC)c(OC(F)F)c1)NC1CCN(c2cccs2)CC1.I. The number of halogens is 3. The zero-order valence-electron chi connectivity index (χ0n) is 17.6. The van der Waals surface area contributed by atoms with Gasteiger partial charge in [0.1, 0.15) is 0 Å². The highest BCUT2D eigenvalue weighted by Crippen LogP contribution is 2.29. The van der Waals surface area contributed by atoms with Crippen LogP contribution in [0.4, 0.5) is 13.8 Å². The second kappa shape index (κ2) is 12.9. The molecule has 0 aliphatic carbocycles. The molecule has 3 rings (SSSR count). The Labute approximate surface area is 203 Å². The topological polar surface area (TPSA) is 58.1 Å². The van der Waals surface area contributed by atoms with Crippen LogP contribution in [0.5, 0.6) is 11.5 Å². The fourth-order valence-electron chi connectivity index (χ4n) is 3.47. The molecule has 2 heterocycles. The molecule has 1 aliphatic heterocycles. The van der Waals surface area contributed by atoms with E-state index < -0.39 is 6.61 Å². The average Bonchev–Trinajstić information content (AvgIpc) is 3.28. The summed E-state index contributed by atoms with van der Waals surface area (Å²) < 4.78 is 34.8. The van der Waals surface area contributed by atoms with Crippen molar-refractivity contribution >= 4 is 46.3 Å². The van der Waals surface area contributed by atoms with Gasteiger partial charge in [-0.25, -0.2) is 0 Å². The number of hydrogen-bond donors (Lipinski definition) is 2. The highest BCUT2D eigenvalue weighted by Gasteiger charge is 2.20. The standard InChI is InChI=1S/C21H28F2N4O2S.HI/c1-24-21(26-16-8-11-27(12-9-16)19-4-3-13-30-19)25-10-7-15-5-6-17(28-2)18(14-15)29-20(22)23;/h3-6,13-14,16,20H,7-12H2,1-2H3,(H2,24,25,26);1H. The van der Waals surface area contributed by atoms with Crippen LogP contribution < -0.4 is 25.0 Å². The molecule has 0 spiro atoms. The first-order chi connectivity index (χ1) is 14.6. The van der Waals surface area contributed by atoms with Crippen LogP contribution in [0.3, 0.4) is 0 Å². The molecule has 1 aromatic carbocycles. The fourth-order valence-corrected chi connectivity index (χ4v) is 4.26. The summed E-state index contributed by atoms with van der Waals surface area (Å²) in [6.45, 7) is -0.225. The van der Waals surface area contributed by atoms with Gasteiger partial charge in [0.2, 0.25) is 0 Å². The molecular formula is C21H29F2IN4O2S. The second-order valence-corrected chi connectivity index (χ2v) is 7.90. The van der Waals surface area contributed by atoms with E-state index in [0.29, 0.717) is 24.8 Å². The number of aliphatic imine (C=N–C) groups is 1. The maximum absolute atomic E-state index is 12.6. The number of nitrogens with one attached hydrogen (secondary N) is 2. The third-order valence-electron chi connectivity index (χ3n) is 5.03. The molecule has 1 fully saturated rings. The van der Waals surface area contributed by atoms with Gasteiger partial charge in [0.25, 0.3) is 0 Å². The van der Waals surface area contributed by atoms with E-state index in [-0.39, 0.29) is 29.7 Å². The van der Waals surface area contributed by atoms with Crippen molar-refractivity contribution in [3.8, 4) is 11.5 Å². The van der Waals surface area contributed by atoms with E-state index >= 15 is 0 Å². The van der Waals surface area contributed by atoms with Gasteiger partial charge < -0.3 is 25.0 Å². The monoisotopic (exact) mass is 566 g/mol. The maximum atomic E-state index is 12.6. The number of thiophene rings is 1. The molecule has 0 unspecified atom stereocenters. The van der Waals surface area contributed by atoms with Crippen LogP contribution in [-0.2, 0) is 6.42 Å². The molecule has 31 heavy (non-hydrogen) atoms. The highest BCUT2D eigenvalue weighted by molar-refractivity contribution is 14.0. The highest BCUT2D eigenvalue weighted by atomic mass is 127. The van der Waals surface area contributed by atoms with Crippen molar-refractivity contribution in [3.05, 3.63) is 41.3 Å². The summed E-state index contributed by atoms with van der Waals surface area (Å²) in [5.74, 6) is 1.09. The average molecular weight is 566 g/mol. The van der Waals surface area contributed by atoms with Gasteiger partial charge in [0, 0.05) is 32.7 Å². The van der Waals surface area contributed by atoms with E-state index in [2.05, 4.69) is 42.8 Å². The first-order valence-corrected chi connectivity index (χ1v) is 10.8. The number of alkyl halides is 2. The van der Waals surface area contributed by atoms with Crippen molar-refractivity contribution < 1.29 is 18.3 Å². The molecule has 1 aliphatic rings. The van der Waals surface area contributed by atoms with Crippen LogP contribution in [0.15, 0.2) is 40.7 Å². The predicted octanol–water partition coefficient (Wildman–Crippen LogP) is 4.35. The van der Waals surface area contributed by atoms with E-state index in [1.807, 2.05) is 6.07 Å². The lowest BCUT2D eigenvalue weighted by Crippen LogP contribution is -2.49. The number of benzene rings is 1. The molecule has 0 saturated carbocycles. The number of hydrogen-bond acceptors (Lipinski definition) is 5. The number of guanidine groups is 1. The second-order valence-electron chi connectivity index (χ2n) is 6.97. The smallest absolute Gasteiger partial charge is 0.387 e. The molecule has 2 aromatic rings.